The highest BCUT2D eigenvalue weighted by Gasteiger charge is 2.17. The first-order valence-electron chi connectivity index (χ1n) is 6.47. The molecule has 20 heavy (non-hydrogen) atoms. The molecule has 2 atom stereocenters. The van der Waals surface area contributed by atoms with E-state index >= 15 is 0 Å². The van der Waals surface area contributed by atoms with Gasteiger partial charge < -0.3 is 25.8 Å². The molecule has 0 aromatic heterocycles. The first kappa shape index (κ1) is 18.2. The van der Waals surface area contributed by atoms with Crippen LogP contribution in [0.25, 0.3) is 0 Å². The minimum absolute atomic E-state index is 0.0535. The highest BCUT2D eigenvalue weighted by Crippen LogP contribution is 1.95. The van der Waals surface area contributed by atoms with Crippen LogP contribution in [0.1, 0.15) is 26.7 Å². The lowest BCUT2D eigenvalue weighted by molar-refractivity contribution is -0.139. The van der Waals surface area contributed by atoms with E-state index in [4.69, 9.17) is 9.84 Å². The fourth-order valence-corrected chi connectivity index (χ4v) is 1.35. The van der Waals surface area contributed by atoms with Gasteiger partial charge in [-0.1, -0.05) is 6.92 Å². The van der Waals surface area contributed by atoms with Crippen LogP contribution in [0.5, 0.6) is 0 Å². The molecule has 0 spiro atoms. The molecule has 8 heteroatoms. The Labute approximate surface area is 118 Å². The number of hydrogen-bond acceptors (Lipinski definition) is 4. The maximum absolute atomic E-state index is 11.5. The van der Waals surface area contributed by atoms with Gasteiger partial charge in [-0.25, -0.2) is 4.79 Å². The van der Waals surface area contributed by atoms with E-state index in [1.807, 2.05) is 6.92 Å². The average Bonchev–Trinajstić information content (AvgIpc) is 2.40. The van der Waals surface area contributed by atoms with Crippen molar-refractivity contribution in [1.82, 2.24) is 16.0 Å². The summed E-state index contributed by atoms with van der Waals surface area (Å²) in [5.74, 6) is -1.28. The molecule has 0 aliphatic heterocycles. The van der Waals surface area contributed by atoms with Gasteiger partial charge in [-0.2, -0.15) is 0 Å². The van der Waals surface area contributed by atoms with E-state index < -0.39 is 24.1 Å². The third-order valence-corrected chi connectivity index (χ3v) is 2.52. The van der Waals surface area contributed by atoms with Gasteiger partial charge in [0.1, 0.15) is 6.04 Å². The van der Waals surface area contributed by atoms with Gasteiger partial charge >= 0.3 is 12.0 Å². The second-order valence-corrected chi connectivity index (χ2v) is 4.32. The number of carbonyl (C=O) groups is 3. The number of ether oxygens (including phenoxy) is 1. The molecule has 116 valence electrons. The normalized spacial score (nSPS) is 13.2. The Hall–Kier alpha value is -1.83. The summed E-state index contributed by atoms with van der Waals surface area (Å²) in [5.41, 5.74) is 0. The third kappa shape index (κ3) is 8.30. The van der Waals surface area contributed by atoms with Crippen molar-refractivity contribution in [3.05, 3.63) is 0 Å². The Morgan fingerprint density at radius 3 is 2.40 bits per heavy atom. The molecule has 0 aliphatic rings. The Balaban J connectivity index is 4.03. The summed E-state index contributed by atoms with van der Waals surface area (Å²) < 4.78 is 4.91. The van der Waals surface area contributed by atoms with Gasteiger partial charge in [0.15, 0.2) is 0 Å². The number of carbonyl (C=O) groups excluding carboxylic acids is 2. The number of carboxylic acid groups (broad SMARTS) is 1. The molecule has 0 aliphatic carbocycles. The first-order valence-corrected chi connectivity index (χ1v) is 6.47. The third-order valence-electron chi connectivity index (χ3n) is 2.52. The van der Waals surface area contributed by atoms with E-state index in [0.29, 0.717) is 6.54 Å². The Morgan fingerprint density at radius 1 is 1.25 bits per heavy atom. The zero-order valence-corrected chi connectivity index (χ0v) is 12.1. The Kier molecular flexibility index (Phi) is 9.10. The van der Waals surface area contributed by atoms with E-state index in [1.54, 1.807) is 6.92 Å². The van der Waals surface area contributed by atoms with Crippen LogP contribution in [0, 0.1) is 0 Å². The quantitative estimate of drug-likeness (QED) is 0.464. The number of rotatable bonds is 9. The number of hydrogen-bond donors (Lipinski definition) is 4. The van der Waals surface area contributed by atoms with Crippen LogP contribution in [-0.2, 0) is 14.3 Å². The highest BCUT2D eigenvalue weighted by atomic mass is 16.5. The second kappa shape index (κ2) is 10.0. The predicted octanol–water partition coefficient (Wildman–Crippen LogP) is -0.310. The molecule has 3 amide bonds. The molecule has 0 bridgehead atoms. The maximum Gasteiger partial charge on any atom is 0.315 e. The first-order chi connectivity index (χ1) is 9.40. The fraction of sp³-hybridized carbons (Fsp3) is 0.750. The van der Waals surface area contributed by atoms with Gasteiger partial charge in [-0.3, -0.25) is 9.59 Å². The minimum Gasteiger partial charge on any atom is -0.481 e. The van der Waals surface area contributed by atoms with Crippen molar-refractivity contribution in [3.63, 3.8) is 0 Å². The molecule has 0 rings (SSSR count). The van der Waals surface area contributed by atoms with Crippen LogP contribution in [0.3, 0.4) is 0 Å². The van der Waals surface area contributed by atoms with Crippen molar-refractivity contribution in [1.29, 1.82) is 0 Å². The molecule has 0 fully saturated rings. The van der Waals surface area contributed by atoms with Crippen LogP contribution in [-0.4, -0.2) is 55.4 Å². The summed E-state index contributed by atoms with van der Waals surface area (Å²) in [6, 6.07) is -1.21. The Bertz CT molecular complexity index is 335. The van der Waals surface area contributed by atoms with Crippen LogP contribution in [0.4, 0.5) is 4.79 Å². The molecule has 0 aromatic carbocycles. The molecule has 2 unspecified atom stereocenters. The van der Waals surface area contributed by atoms with Crippen molar-refractivity contribution >= 4 is 17.9 Å². The minimum atomic E-state index is -1.01. The van der Waals surface area contributed by atoms with Gasteiger partial charge in [0.05, 0.1) is 12.5 Å². The SMILES string of the molecule is CCCNC(=O)C(C)NC(=O)NCC(CC(=O)O)OC. The molecule has 0 aromatic rings. The van der Waals surface area contributed by atoms with Gasteiger partial charge in [0, 0.05) is 20.2 Å². The summed E-state index contributed by atoms with van der Waals surface area (Å²) in [4.78, 5) is 33.6. The monoisotopic (exact) mass is 289 g/mol. The molecular formula is C12H23N3O5. The molecule has 4 N–H and O–H groups in total. The molecular weight excluding hydrogens is 266 g/mol. The van der Waals surface area contributed by atoms with E-state index in [0.717, 1.165) is 6.42 Å². The summed E-state index contributed by atoms with van der Waals surface area (Å²) >= 11 is 0. The van der Waals surface area contributed by atoms with Crippen LogP contribution in [0.2, 0.25) is 0 Å². The lowest BCUT2D eigenvalue weighted by Crippen LogP contribution is -2.49. The van der Waals surface area contributed by atoms with E-state index in [-0.39, 0.29) is 18.9 Å². The lowest BCUT2D eigenvalue weighted by Gasteiger charge is -2.17. The van der Waals surface area contributed by atoms with Crippen molar-refractivity contribution in [2.24, 2.45) is 0 Å². The number of amides is 3. The second-order valence-electron chi connectivity index (χ2n) is 4.32. The van der Waals surface area contributed by atoms with Gasteiger partial charge in [0.2, 0.25) is 5.91 Å². The number of methoxy groups -OCH3 is 1. The predicted molar refractivity (Wildman–Crippen MR) is 72.3 cm³/mol. The molecule has 0 saturated carbocycles. The van der Waals surface area contributed by atoms with Crippen molar-refractivity contribution in [3.8, 4) is 0 Å². The van der Waals surface area contributed by atoms with Crippen molar-refractivity contribution in [2.45, 2.75) is 38.8 Å². The number of nitrogens with one attached hydrogen (secondary N) is 3. The fourth-order valence-electron chi connectivity index (χ4n) is 1.35. The number of urea groups is 1. The van der Waals surface area contributed by atoms with Gasteiger partial charge in [-0.15, -0.1) is 0 Å². The summed E-state index contributed by atoms with van der Waals surface area (Å²) in [7, 11) is 1.37. The molecule has 0 saturated heterocycles. The Morgan fingerprint density at radius 2 is 1.90 bits per heavy atom. The number of carboxylic acids is 1. The smallest absolute Gasteiger partial charge is 0.315 e. The topological polar surface area (TPSA) is 117 Å². The lowest BCUT2D eigenvalue weighted by atomic mass is 10.2. The standard InChI is InChI=1S/C12H23N3O5/c1-4-5-13-11(18)8(2)15-12(19)14-7-9(20-3)6-10(16)17/h8-9H,4-7H2,1-3H3,(H,13,18)(H,16,17)(H2,14,15,19). The number of aliphatic carboxylic acids is 1. The maximum atomic E-state index is 11.5. The van der Waals surface area contributed by atoms with E-state index in [1.165, 1.54) is 7.11 Å². The molecule has 0 heterocycles. The summed E-state index contributed by atoms with van der Waals surface area (Å²) in [6.07, 6.45) is 0.000985. The molecule has 0 radical (unpaired) electrons. The van der Waals surface area contributed by atoms with Gasteiger partial charge in [0.25, 0.3) is 0 Å². The zero-order valence-electron chi connectivity index (χ0n) is 12.1. The summed E-state index contributed by atoms with van der Waals surface area (Å²) in [6.45, 7) is 4.10. The van der Waals surface area contributed by atoms with E-state index in [9.17, 15) is 14.4 Å². The van der Waals surface area contributed by atoms with Gasteiger partial charge in [-0.05, 0) is 13.3 Å². The highest BCUT2D eigenvalue weighted by molar-refractivity contribution is 5.86. The average molecular weight is 289 g/mol. The summed E-state index contributed by atoms with van der Waals surface area (Å²) in [5, 5.41) is 16.2. The van der Waals surface area contributed by atoms with Crippen LogP contribution >= 0.6 is 0 Å². The largest absolute Gasteiger partial charge is 0.481 e. The van der Waals surface area contributed by atoms with Crippen LogP contribution in [0.15, 0.2) is 0 Å². The van der Waals surface area contributed by atoms with E-state index in [2.05, 4.69) is 16.0 Å². The van der Waals surface area contributed by atoms with Crippen LogP contribution < -0.4 is 16.0 Å². The van der Waals surface area contributed by atoms with Crippen molar-refractivity contribution < 1.29 is 24.2 Å². The van der Waals surface area contributed by atoms with Crippen molar-refractivity contribution in [2.75, 3.05) is 20.2 Å². The molecule has 8 nitrogen and oxygen atoms in total. The zero-order chi connectivity index (χ0) is 15.5.